The number of ether oxygens (including phenoxy) is 1. The highest BCUT2D eigenvalue weighted by atomic mass is 16.5. The second kappa shape index (κ2) is 11.9. The highest BCUT2D eigenvalue weighted by molar-refractivity contribution is 5.73. The average Bonchev–Trinajstić information content (AvgIpc) is 2.78. The van der Waals surface area contributed by atoms with Crippen LogP contribution in [-0.2, 0) is 11.3 Å². The molecule has 2 saturated heterocycles. The number of rotatable bonds is 9. The zero-order chi connectivity index (χ0) is 20.3. The Balaban J connectivity index is 1.26. The van der Waals surface area contributed by atoms with E-state index in [0.717, 1.165) is 70.2 Å². The fraction of sp³-hybridized carbons (Fsp3) is 0.714. The number of hydrogen-bond acceptors (Lipinski definition) is 6. The van der Waals surface area contributed by atoms with Gasteiger partial charge in [0.05, 0.1) is 13.2 Å². The van der Waals surface area contributed by atoms with Crippen LogP contribution in [0.25, 0.3) is 0 Å². The van der Waals surface area contributed by atoms with Crippen LogP contribution in [-0.4, -0.2) is 92.9 Å². The Hall–Kier alpha value is -1.90. The van der Waals surface area contributed by atoms with E-state index in [-0.39, 0.29) is 6.03 Å². The minimum Gasteiger partial charge on any atom is -0.378 e. The lowest BCUT2D eigenvalue weighted by Gasteiger charge is -2.33. The first-order valence-electron chi connectivity index (χ1n) is 11.0. The van der Waals surface area contributed by atoms with Gasteiger partial charge in [-0.3, -0.25) is 0 Å². The van der Waals surface area contributed by atoms with Crippen molar-refractivity contribution in [2.24, 2.45) is 0 Å². The monoisotopic (exact) mass is 404 g/mol. The second-order valence-corrected chi connectivity index (χ2v) is 7.71. The summed E-state index contributed by atoms with van der Waals surface area (Å²) in [5.74, 6) is 0.952. The van der Waals surface area contributed by atoms with Gasteiger partial charge in [-0.1, -0.05) is 6.92 Å². The number of carbonyl (C=O) groups is 1. The number of likely N-dealkylation sites (N-methyl/N-ethyl adjacent to an activating group) is 1. The maximum atomic E-state index is 12.1. The van der Waals surface area contributed by atoms with Crippen LogP contribution in [0.15, 0.2) is 18.3 Å². The maximum absolute atomic E-state index is 12.1. The molecule has 0 atom stereocenters. The van der Waals surface area contributed by atoms with Crippen LogP contribution in [0, 0.1) is 0 Å². The summed E-state index contributed by atoms with van der Waals surface area (Å²) in [5, 5.41) is 5.91. The predicted molar refractivity (Wildman–Crippen MR) is 115 cm³/mol. The number of amides is 2. The molecule has 8 heteroatoms. The lowest BCUT2D eigenvalue weighted by atomic mass is 10.2. The van der Waals surface area contributed by atoms with Crippen molar-refractivity contribution in [3.8, 4) is 0 Å². The number of piperazine rings is 1. The predicted octanol–water partition coefficient (Wildman–Crippen LogP) is 1.14. The van der Waals surface area contributed by atoms with E-state index >= 15 is 0 Å². The molecule has 2 amide bonds. The molecule has 1 aromatic rings. The molecule has 8 nitrogen and oxygen atoms in total. The molecule has 2 N–H and O–H groups in total. The van der Waals surface area contributed by atoms with Crippen molar-refractivity contribution in [2.75, 3.05) is 77.0 Å². The fourth-order valence-electron chi connectivity index (χ4n) is 3.77. The molecule has 2 aliphatic heterocycles. The highest BCUT2D eigenvalue weighted by Crippen LogP contribution is 2.14. The third kappa shape index (κ3) is 7.45. The van der Waals surface area contributed by atoms with E-state index in [2.05, 4.69) is 37.2 Å². The van der Waals surface area contributed by atoms with Crippen LogP contribution < -0.4 is 15.5 Å². The molecule has 2 aliphatic rings. The van der Waals surface area contributed by atoms with Crippen molar-refractivity contribution in [3.63, 3.8) is 0 Å². The van der Waals surface area contributed by atoms with Crippen LogP contribution in [0.1, 0.15) is 25.3 Å². The number of nitrogens with zero attached hydrogens (tertiary/aromatic N) is 4. The fourth-order valence-corrected chi connectivity index (χ4v) is 3.77. The number of unbranched alkanes of at least 4 members (excludes halogenated alkanes) is 1. The van der Waals surface area contributed by atoms with Gasteiger partial charge in [0, 0.05) is 58.6 Å². The molecular weight excluding hydrogens is 368 g/mol. The van der Waals surface area contributed by atoms with Crippen LogP contribution in [0.5, 0.6) is 0 Å². The minimum atomic E-state index is -0.105. The van der Waals surface area contributed by atoms with E-state index in [1.807, 2.05) is 12.1 Å². The van der Waals surface area contributed by atoms with E-state index in [4.69, 9.17) is 4.74 Å². The Morgan fingerprint density at radius 2 is 1.83 bits per heavy atom. The molecule has 3 heterocycles. The molecule has 1 aromatic heterocycles. The molecule has 0 aromatic carbocycles. The third-order valence-corrected chi connectivity index (χ3v) is 5.70. The zero-order valence-corrected chi connectivity index (χ0v) is 17.7. The standard InChI is InChI=1S/C21H36N6O2/c1-2-25-9-11-26(12-10-25)8-4-3-6-23-21(28)24-18-19-5-7-22-20(17-19)27-13-15-29-16-14-27/h5,7,17H,2-4,6,8-16,18H2,1H3,(H2,23,24,28). The van der Waals surface area contributed by atoms with Crippen molar-refractivity contribution in [1.82, 2.24) is 25.4 Å². The molecule has 0 aliphatic carbocycles. The molecule has 162 valence electrons. The van der Waals surface area contributed by atoms with Gasteiger partial charge in [0.1, 0.15) is 5.82 Å². The van der Waals surface area contributed by atoms with Gasteiger partial charge in [-0.05, 0) is 43.6 Å². The van der Waals surface area contributed by atoms with E-state index in [1.54, 1.807) is 6.20 Å². The number of morpholine rings is 1. The molecule has 0 radical (unpaired) electrons. The zero-order valence-electron chi connectivity index (χ0n) is 17.7. The average molecular weight is 405 g/mol. The molecule has 0 unspecified atom stereocenters. The van der Waals surface area contributed by atoms with Crippen molar-refractivity contribution in [3.05, 3.63) is 23.9 Å². The van der Waals surface area contributed by atoms with Crippen molar-refractivity contribution >= 4 is 11.8 Å². The molecular formula is C21H36N6O2. The number of aromatic nitrogens is 1. The summed E-state index contributed by atoms with van der Waals surface area (Å²) in [5.41, 5.74) is 1.06. The topological polar surface area (TPSA) is 73.0 Å². The van der Waals surface area contributed by atoms with Gasteiger partial charge in [0.2, 0.25) is 0 Å². The first-order chi connectivity index (χ1) is 14.2. The first-order valence-corrected chi connectivity index (χ1v) is 11.0. The van der Waals surface area contributed by atoms with E-state index in [9.17, 15) is 4.79 Å². The summed E-state index contributed by atoms with van der Waals surface area (Å²) >= 11 is 0. The minimum absolute atomic E-state index is 0.105. The van der Waals surface area contributed by atoms with Gasteiger partial charge in [0.25, 0.3) is 0 Å². The number of hydrogen-bond donors (Lipinski definition) is 2. The van der Waals surface area contributed by atoms with Crippen molar-refractivity contribution in [1.29, 1.82) is 0 Å². The SMILES string of the molecule is CCN1CCN(CCCCNC(=O)NCc2ccnc(N3CCOCC3)c2)CC1. The molecule has 0 saturated carbocycles. The number of urea groups is 1. The first kappa shape index (κ1) is 21.8. The van der Waals surface area contributed by atoms with E-state index in [1.165, 1.54) is 26.2 Å². The van der Waals surface area contributed by atoms with Gasteiger partial charge in [0.15, 0.2) is 0 Å². The summed E-state index contributed by atoms with van der Waals surface area (Å²) in [6.45, 7) is 13.6. The number of anilines is 1. The Morgan fingerprint density at radius 1 is 1.07 bits per heavy atom. The maximum Gasteiger partial charge on any atom is 0.315 e. The quantitative estimate of drug-likeness (QED) is 0.602. The number of pyridine rings is 1. The number of carbonyl (C=O) groups excluding carboxylic acids is 1. The third-order valence-electron chi connectivity index (χ3n) is 5.70. The normalized spacial score (nSPS) is 18.6. The second-order valence-electron chi connectivity index (χ2n) is 7.71. The smallest absolute Gasteiger partial charge is 0.315 e. The highest BCUT2D eigenvalue weighted by Gasteiger charge is 2.15. The van der Waals surface area contributed by atoms with Crippen molar-refractivity contribution in [2.45, 2.75) is 26.3 Å². The van der Waals surface area contributed by atoms with Gasteiger partial charge >= 0.3 is 6.03 Å². The summed E-state index contributed by atoms with van der Waals surface area (Å²) in [7, 11) is 0. The van der Waals surface area contributed by atoms with Gasteiger partial charge in [-0.15, -0.1) is 0 Å². The van der Waals surface area contributed by atoms with E-state index in [0.29, 0.717) is 6.54 Å². The summed E-state index contributed by atoms with van der Waals surface area (Å²) in [6.07, 6.45) is 3.94. The Bertz CT molecular complexity index is 615. The molecule has 0 spiro atoms. The lowest BCUT2D eigenvalue weighted by molar-refractivity contribution is 0.122. The largest absolute Gasteiger partial charge is 0.378 e. The Labute approximate surface area is 174 Å². The summed E-state index contributed by atoms with van der Waals surface area (Å²) in [4.78, 5) is 23.7. The Kier molecular flexibility index (Phi) is 8.98. The van der Waals surface area contributed by atoms with Gasteiger partial charge < -0.3 is 30.1 Å². The van der Waals surface area contributed by atoms with Crippen molar-refractivity contribution < 1.29 is 9.53 Å². The van der Waals surface area contributed by atoms with Gasteiger partial charge in [-0.25, -0.2) is 9.78 Å². The van der Waals surface area contributed by atoms with Crippen LogP contribution in [0.4, 0.5) is 10.6 Å². The lowest BCUT2D eigenvalue weighted by Crippen LogP contribution is -2.46. The Morgan fingerprint density at radius 3 is 2.59 bits per heavy atom. The molecule has 29 heavy (non-hydrogen) atoms. The van der Waals surface area contributed by atoms with E-state index < -0.39 is 0 Å². The van der Waals surface area contributed by atoms with Crippen LogP contribution in [0.3, 0.4) is 0 Å². The summed E-state index contributed by atoms with van der Waals surface area (Å²) < 4.78 is 5.39. The molecule has 2 fully saturated rings. The summed E-state index contributed by atoms with van der Waals surface area (Å²) in [6, 6.07) is 3.89. The van der Waals surface area contributed by atoms with Crippen LogP contribution in [0.2, 0.25) is 0 Å². The van der Waals surface area contributed by atoms with Gasteiger partial charge in [-0.2, -0.15) is 0 Å². The molecule has 3 rings (SSSR count). The molecule has 0 bridgehead atoms. The van der Waals surface area contributed by atoms with Crippen LogP contribution >= 0.6 is 0 Å². The number of nitrogens with one attached hydrogen (secondary N) is 2.